The van der Waals surface area contributed by atoms with Crippen LogP contribution in [0.5, 0.6) is 0 Å². The molecule has 2 amide bonds. The number of carboxylic acids is 1. The summed E-state index contributed by atoms with van der Waals surface area (Å²) in [5, 5.41) is 11.4. The largest absolute Gasteiger partial charge is 0.481 e. The van der Waals surface area contributed by atoms with Crippen molar-refractivity contribution in [3.63, 3.8) is 0 Å². The van der Waals surface area contributed by atoms with Crippen LogP contribution < -0.4 is 5.32 Å². The second kappa shape index (κ2) is 7.99. The van der Waals surface area contributed by atoms with Crippen LogP contribution in [0.25, 0.3) is 0 Å². The van der Waals surface area contributed by atoms with Crippen molar-refractivity contribution in [3.8, 4) is 0 Å². The van der Waals surface area contributed by atoms with Crippen LogP contribution in [0.4, 0.5) is 4.79 Å². The van der Waals surface area contributed by atoms with Crippen LogP contribution in [-0.2, 0) is 4.79 Å². The molecule has 1 aliphatic heterocycles. The smallest absolute Gasteiger partial charge is 0.317 e. The van der Waals surface area contributed by atoms with Crippen molar-refractivity contribution < 1.29 is 14.7 Å². The summed E-state index contributed by atoms with van der Waals surface area (Å²) in [6, 6.07) is 8.41. The van der Waals surface area contributed by atoms with E-state index in [9.17, 15) is 9.59 Å². The molecule has 1 aromatic rings. The predicted molar refractivity (Wildman–Crippen MR) is 89.5 cm³/mol. The number of piperidine rings is 1. The second-order valence-electron chi connectivity index (χ2n) is 6.40. The van der Waals surface area contributed by atoms with E-state index in [2.05, 4.69) is 43.4 Å². The van der Waals surface area contributed by atoms with Crippen molar-refractivity contribution in [3.05, 3.63) is 35.4 Å². The maximum absolute atomic E-state index is 12.4. The lowest BCUT2D eigenvalue weighted by Gasteiger charge is -2.36. The molecule has 0 aliphatic carbocycles. The Morgan fingerprint density at radius 2 is 1.96 bits per heavy atom. The number of hydrogen-bond acceptors (Lipinski definition) is 2. The van der Waals surface area contributed by atoms with Gasteiger partial charge in [0.25, 0.3) is 0 Å². The molecule has 0 aromatic heterocycles. The van der Waals surface area contributed by atoms with Crippen LogP contribution in [0.2, 0.25) is 0 Å². The van der Waals surface area contributed by atoms with Crippen molar-refractivity contribution in [1.29, 1.82) is 0 Å². The Balaban J connectivity index is 2.05. The van der Waals surface area contributed by atoms with Crippen molar-refractivity contribution in [2.45, 2.75) is 51.5 Å². The van der Waals surface area contributed by atoms with Crippen LogP contribution in [0, 0.1) is 0 Å². The van der Waals surface area contributed by atoms with E-state index in [-0.39, 0.29) is 25.0 Å². The summed E-state index contributed by atoms with van der Waals surface area (Å²) in [6.07, 6.45) is 3.00. The molecule has 5 nitrogen and oxygen atoms in total. The van der Waals surface area contributed by atoms with E-state index in [1.54, 1.807) is 0 Å². The molecule has 1 unspecified atom stereocenters. The molecule has 126 valence electrons. The molecule has 0 radical (unpaired) electrons. The molecule has 23 heavy (non-hydrogen) atoms. The third kappa shape index (κ3) is 4.71. The van der Waals surface area contributed by atoms with E-state index in [0.717, 1.165) is 31.4 Å². The molecule has 1 aromatic carbocycles. The number of carbonyl (C=O) groups excluding carboxylic acids is 1. The Hall–Kier alpha value is -2.04. The van der Waals surface area contributed by atoms with Crippen LogP contribution in [0.3, 0.4) is 0 Å². The Morgan fingerprint density at radius 3 is 2.57 bits per heavy atom. The maximum Gasteiger partial charge on any atom is 0.317 e. The quantitative estimate of drug-likeness (QED) is 0.872. The van der Waals surface area contributed by atoms with E-state index >= 15 is 0 Å². The standard InChI is InChI=1S/C18H26N2O3/c1-13(2)14-6-8-15(9-7-14)16-5-3-4-12-20(16)18(23)19-11-10-17(21)22/h6-9,13,16H,3-5,10-12H2,1-2H3,(H,19,23)(H,21,22). The molecule has 1 atom stereocenters. The summed E-state index contributed by atoms with van der Waals surface area (Å²) >= 11 is 0. The summed E-state index contributed by atoms with van der Waals surface area (Å²) in [4.78, 5) is 24.8. The maximum atomic E-state index is 12.4. The van der Waals surface area contributed by atoms with E-state index < -0.39 is 5.97 Å². The number of carbonyl (C=O) groups is 2. The Kier molecular flexibility index (Phi) is 6.02. The highest BCUT2D eigenvalue weighted by Gasteiger charge is 2.27. The lowest BCUT2D eigenvalue weighted by molar-refractivity contribution is -0.136. The number of carboxylic acid groups (broad SMARTS) is 1. The van der Waals surface area contributed by atoms with Gasteiger partial charge in [-0.15, -0.1) is 0 Å². The molecule has 1 heterocycles. The number of aliphatic carboxylic acids is 1. The molecular weight excluding hydrogens is 292 g/mol. The van der Waals surface area contributed by atoms with Gasteiger partial charge in [0.15, 0.2) is 0 Å². The van der Waals surface area contributed by atoms with Gasteiger partial charge >= 0.3 is 12.0 Å². The van der Waals surface area contributed by atoms with E-state index in [1.165, 1.54) is 5.56 Å². The number of urea groups is 1. The Labute approximate surface area is 137 Å². The van der Waals surface area contributed by atoms with Gasteiger partial charge in [-0.25, -0.2) is 4.79 Å². The van der Waals surface area contributed by atoms with Gasteiger partial charge in [0, 0.05) is 13.1 Å². The summed E-state index contributed by atoms with van der Waals surface area (Å²) < 4.78 is 0. The SMILES string of the molecule is CC(C)c1ccc(C2CCCCN2C(=O)NCCC(=O)O)cc1. The number of nitrogens with zero attached hydrogens (tertiary/aromatic N) is 1. The molecule has 0 saturated carbocycles. The number of hydrogen-bond donors (Lipinski definition) is 2. The van der Waals surface area contributed by atoms with Gasteiger partial charge in [-0.1, -0.05) is 38.1 Å². The molecule has 1 aliphatic rings. The topological polar surface area (TPSA) is 69.6 Å². The number of benzene rings is 1. The number of rotatable bonds is 5. The van der Waals surface area contributed by atoms with Gasteiger partial charge in [0.2, 0.25) is 0 Å². The van der Waals surface area contributed by atoms with Gasteiger partial charge in [0.1, 0.15) is 0 Å². The zero-order valence-electron chi connectivity index (χ0n) is 13.9. The number of nitrogens with one attached hydrogen (secondary N) is 1. The molecule has 2 N–H and O–H groups in total. The Morgan fingerprint density at radius 1 is 1.26 bits per heavy atom. The van der Waals surface area contributed by atoms with Gasteiger partial charge < -0.3 is 15.3 Å². The molecule has 1 saturated heterocycles. The second-order valence-corrected chi connectivity index (χ2v) is 6.40. The summed E-state index contributed by atoms with van der Waals surface area (Å²) in [5.74, 6) is -0.407. The van der Waals surface area contributed by atoms with E-state index in [1.807, 2.05) is 4.90 Å². The lowest BCUT2D eigenvalue weighted by Crippen LogP contribution is -2.45. The van der Waals surface area contributed by atoms with Gasteiger partial charge in [-0.05, 0) is 36.3 Å². The van der Waals surface area contributed by atoms with Crippen LogP contribution >= 0.6 is 0 Å². The first-order valence-electron chi connectivity index (χ1n) is 8.35. The van der Waals surface area contributed by atoms with Crippen molar-refractivity contribution in [1.82, 2.24) is 10.2 Å². The average Bonchev–Trinajstić information content (AvgIpc) is 2.54. The summed E-state index contributed by atoms with van der Waals surface area (Å²) in [6.45, 7) is 5.22. The summed E-state index contributed by atoms with van der Waals surface area (Å²) in [7, 11) is 0. The zero-order chi connectivity index (χ0) is 16.8. The van der Waals surface area contributed by atoms with Crippen LogP contribution in [0.1, 0.15) is 62.6 Å². The third-order valence-corrected chi connectivity index (χ3v) is 4.37. The summed E-state index contributed by atoms with van der Waals surface area (Å²) in [5.41, 5.74) is 2.45. The molecule has 5 heteroatoms. The normalized spacial score (nSPS) is 18.0. The minimum atomic E-state index is -0.898. The van der Waals surface area contributed by atoms with Crippen LogP contribution in [-0.4, -0.2) is 35.1 Å². The number of likely N-dealkylation sites (tertiary alicyclic amines) is 1. The fraction of sp³-hybridized carbons (Fsp3) is 0.556. The minimum Gasteiger partial charge on any atom is -0.481 e. The Bertz CT molecular complexity index is 540. The van der Waals surface area contributed by atoms with Gasteiger partial charge in [-0.3, -0.25) is 4.79 Å². The molecule has 1 fully saturated rings. The monoisotopic (exact) mass is 318 g/mol. The van der Waals surface area contributed by atoms with E-state index in [4.69, 9.17) is 5.11 Å². The van der Waals surface area contributed by atoms with Gasteiger partial charge in [0.05, 0.1) is 12.5 Å². The average molecular weight is 318 g/mol. The highest BCUT2D eigenvalue weighted by molar-refractivity contribution is 5.76. The fourth-order valence-electron chi connectivity index (χ4n) is 3.00. The van der Waals surface area contributed by atoms with Crippen LogP contribution in [0.15, 0.2) is 24.3 Å². The van der Waals surface area contributed by atoms with Crippen molar-refractivity contribution >= 4 is 12.0 Å². The first-order chi connectivity index (χ1) is 11.0. The first kappa shape index (κ1) is 17.3. The minimum absolute atomic E-state index is 0.0483. The molecule has 0 spiro atoms. The highest BCUT2D eigenvalue weighted by Crippen LogP contribution is 2.31. The highest BCUT2D eigenvalue weighted by atomic mass is 16.4. The molecule has 0 bridgehead atoms. The van der Waals surface area contributed by atoms with Crippen molar-refractivity contribution in [2.75, 3.05) is 13.1 Å². The fourth-order valence-corrected chi connectivity index (χ4v) is 3.00. The van der Waals surface area contributed by atoms with Gasteiger partial charge in [-0.2, -0.15) is 0 Å². The van der Waals surface area contributed by atoms with Crippen molar-refractivity contribution in [2.24, 2.45) is 0 Å². The molecule has 2 rings (SSSR count). The third-order valence-electron chi connectivity index (χ3n) is 4.37. The lowest BCUT2D eigenvalue weighted by atomic mass is 9.93. The first-order valence-corrected chi connectivity index (χ1v) is 8.35. The molecular formula is C18H26N2O3. The van der Waals surface area contributed by atoms with E-state index in [0.29, 0.717) is 5.92 Å². The predicted octanol–water partition coefficient (Wildman–Crippen LogP) is 3.52. The number of amides is 2. The zero-order valence-corrected chi connectivity index (χ0v) is 13.9.